The Hall–Kier alpha value is -1.75. The van der Waals surface area contributed by atoms with Gasteiger partial charge in [-0.3, -0.25) is 4.79 Å². The van der Waals surface area contributed by atoms with Crippen LogP contribution in [0.3, 0.4) is 0 Å². The summed E-state index contributed by atoms with van der Waals surface area (Å²) in [6, 6.07) is 4.24. The number of amides is 1. The molecule has 0 aliphatic heterocycles. The van der Waals surface area contributed by atoms with E-state index in [9.17, 15) is 14.7 Å². The van der Waals surface area contributed by atoms with Gasteiger partial charge in [0, 0.05) is 11.1 Å². The van der Waals surface area contributed by atoms with Crippen LogP contribution in [0.1, 0.15) is 43.0 Å². The fourth-order valence-corrected chi connectivity index (χ4v) is 2.73. The number of ether oxygens (including phenoxy) is 1. The van der Waals surface area contributed by atoms with Gasteiger partial charge in [0.15, 0.2) is 6.61 Å². The highest BCUT2D eigenvalue weighted by atomic mass is 35.5. The molecule has 0 aromatic heterocycles. The molecule has 1 amide bonds. The number of aromatic hydroxyl groups is 1. The van der Waals surface area contributed by atoms with Crippen LogP contribution in [0.25, 0.3) is 0 Å². The lowest BCUT2D eigenvalue weighted by atomic mass is 9.87. The van der Waals surface area contributed by atoms with Crippen LogP contribution in [-0.4, -0.2) is 29.6 Å². The van der Waals surface area contributed by atoms with Gasteiger partial charge in [-0.2, -0.15) is 0 Å². The van der Waals surface area contributed by atoms with E-state index in [0.29, 0.717) is 10.9 Å². The fourth-order valence-electron chi connectivity index (χ4n) is 2.56. The van der Waals surface area contributed by atoms with Crippen LogP contribution < -0.4 is 5.32 Å². The third-order valence-corrected chi connectivity index (χ3v) is 4.13. The van der Waals surface area contributed by atoms with Crippen molar-refractivity contribution in [3.63, 3.8) is 0 Å². The zero-order chi connectivity index (χ0) is 16.1. The maximum Gasteiger partial charge on any atom is 0.342 e. The van der Waals surface area contributed by atoms with Crippen molar-refractivity contribution in [3.05, 3.63) is 28.8 Å². The Bertz CT molecular complexity index is 553. The summed E-state index contributed by atoms with van der Waals surface area (Å²) in [5, 5.41) is 12.8. The predicted molar refractivity (Wildman–Crippen MR) is 83.0 cm³/mol. The van der Waals surface area contributed by atoms with Crippen molar-refractivity contribution >= 4 is 23.5 Å². The summed E-state index contributed by atoms with van der Waals surface area (Å²) in [7, 11) is 0. The van der Waals surface area contributed by atoms with Crippen LogP contribution in [0.4, 0.5) is 0 Å². The fraction of sp³-hybridized carbons (Fsp3) is 0.500. The molecule has 6 heteroatoms. The minimum absolute atomic E-state index is 0.0105. The average Bonchev–Trinajstić information content (AvgIpc) is 2.47. The topological polar surface area (TPSA) is 75.6 Å². The summed E-state index contributed by atoms with van der Waals surface area (Å²) < 4.78 is 4.92. The summed E-state index contributed by atoms with van der Waals surface area (Å²) in [5.41, 5.74) is -0.0105. The van der Waals surface area contributed by atoms with E-state index in [-0.39, 0.29) is 29.9 Å². The van der Waals surface area contributed by atoms with Gasteiger partial charge in [0.25, 0.3) is 5.91 Å². The summed E-state index contributed by atoms with van der Waals surface area (Å²) in [5.74, 6) is -0.624. The summed E-state index contributed by atoms with van der Waals surface area (Å²) in [6.07, 6.45) is 4.12. The van der Waals surface area contributed by atoms with Gasteiger partial charge < -0.3 is 15.2 Å². The first-order valence-corrected chi connectivity index (χ1v) is 7.78. The molecule has 0 spiro atoms. The van der Waals surface area contributed by atoms with Crippen molar-refractivity contribution in [1.82, 2.24) is 5.32 Å². The number of nitrogens with one attached hydrogen (secondary N) is 1. The normalized spacial score (nSPS) is 21.2. The second-order valence-electron chi connectivity index (χ2n) is 5.76. The second-order valence-corrected chi connectivity index (χ2v) is 6.20. The molecule has 5 nitrogen and oxygen atoms in total. The SMILES string of the molecule is CC1CCC(NC(=O)COC(=O)c2ccc(Cl)cc2O)CC1. The van der Waals surface area contributed by atoms with Crippen molar-refractivity contribution in [3.8, 4) is 5.75 Å². The standard InChI is InChI=1S/C16H20ClNO4/c1-10-2-5-12(6-3-10)18-15(20)9-22-16(21)13-7-4-11(17)8-14(13)19/h4,7-8,10,12,19H,2-3,5-6,9H2,1H3,(H,18,20). The van der Waals surface area contributed by atoms with Crippen LogP contribution in [0.5, 0.6) is 5.75 Å². The second kappa shape index (κ2) is 7.49. The van der Waals surface area contributed by atoms with E-state index in [1.165, 1.54) is 18.2 Å². The molecule has 22 heavy (non-hydrogen) atoms. The maximum atomic E-state index is 11.8. The minimum Gasteiger partial charge on any atom is -0.507 e. The van der Waals surface area contributed by atoms with Gasteiger partial charge in [-0.15, -0.1) is 0 Å². The highest BCUT2D eigenvalue weighted by molar-refractivity contribution is 6.30. The quantitative estimate of drug-likeness (QED) is 0.835. The van der Waals surface area contributed by atoms with E-state index < -0.39 is 5.97 Å². The molecular formula is C16H20ClNO4. The molecular weight excluding hydrogens is 306 g/mol. The van der Waals surface area contributed by atoms with E-state index in [4.69, 9.17) is 16.3 Å². The number of carbonyl (C=O) groups excluding carboxylic acids is 2. The Morgan fingerprint density at radius 3 is 2.64 bits per heavy atom. The first kappa shape index (κ1) is 16.6. The van der Waals surface area contributed by atoms with Crippen molar-refractivity contribution in [2.24, 2.45) is 5.92 Å². The van der Waals surface area contributed by atoms with Crippen LogP contribution >= 0.6 is 11.6 Å². The number of benzene rings is 1. The summed E-state index contributed by atoms with van der Waals surface area (Å²) >= 11 is 5.69. The third kappa shape index (κ3) is 4.63. The first-order valence-electron chi connectivity index (χ1n) is 7.40. The lowest BCUT2D eigenvalue weighted by molar-refractivity contribution is -0.125. The number of hydrogen-bond donors (Lipinski definition) is 2. The molecule has 1 aliphatic rings. The van der Waals surface area contributed by atoms with Crippen LogP contribution in [0, 0.1) is 5.92 Å². The highest BCUT2D eigenvalue weighted by Crippen LogP contribution is 2.24. The number of hydrogen-bond acceptors (Lipinski definition) is 4. The monoisotopic (exact) mass is 325 g/mol. The Morgan fingerprint density at radius 2 is 2.00 bits per heavy atom. The molecule has 2 N–H and O–H groups in total. The number of carbonyl (C=O) groups is 2. The van der Waals surface area contributed by atoms with Crippen LogP contribution in [0.15, 0.2) is 18.2 Å². The van der Waals surface area contributed by atoms with E-state index in [1.54, 1.807) is 0 Å². The Balaban J connectivity index is 1.79. The first-order chi connectivity index (χ1) is 10.5. The molecule has 2 rings (SSSR count). The summed E-state index contributed by atoms with van der Waals surface area (Å²) in [6.45, 7) is 1.85. The molecule has 0 radical (unpaired) electrons. The van der Waals surface area contributed by atoms with Gasteiger partial charge in [-0.25, -0.2) is 4.79 Å². The van der Waals surface area contributed by atoms with E-state index in [2.05, 4.69) is 12.2 Å². The predicted octanol–water partition coefficient (Wildman–Crippen LogP) is 2.90. The van der Waals surface area contributed by atoms with Crippen LogP contribution in [0.2, 0.25) is 5.02 Å². The molecule has 1 aliphatic carbocycles. The van der Waals surface area contributed by atoms with Gasteiger partial charge in [0.05, 0.1) is 0 Å². The molecule has 1 aromatic carbocycles. The lowest BCUT2D eigenvalue weighted by Crippen LogP contribution is -2.39. The van der Waals surface area contributed by atoms with Crippen molar-refractivity contribution in [1.29, 1.82) is 0 Å². The molecule has 0 atom stereocenters. The summed E-state index contributed by atoms with van der Waals surface area (Å²) in [4.78, 5) is 23.6. The molecule has 0 saturated heterocycles. The average molecular weight is 326 g/mol. The number of phenols is 1. The van der Waals surface area contributed by atoms with Crippen LogP contribution in [-0.2, 0) is 9.53 Å². The molecule has 0 heterocycles. The molecule has 0 bridgehead atoms. The van der Waals surface area contributed by atoms with Gasteiger partial charge in [0.2, 0.25) is 0 Å². The van der Waals surface area contributed by atoms with Gasteiger partial charge in [-0.05, 0) is 49.8 Å². The van der Waals surface area contributed by atoms with E-state index in [0.717, 1.165) is 25.7 Å². The van der Waals surface area contributed by atoms with E-state index >= 15 is 0 Å². The Kier molecular flexibility index (Phi) is 5.66. The van der Waals surface area contributed by atoms with E-state index in [1.807, 2.05) is 0 Å². The largest absolute Gasteiger partial charge is 0.507 e. The molecule has 0 unspecified atom stereocenters. The Morgan fingerprint density at radius 1 is 1.32 bits per heavy atom. The molecule has 1 saturated carbocycles. The minimum atomic E-state index is -0.749. The third-order valence-electron chi connectivity index (χ3n) is 3.90. The number of rotatable bonds is 4. The van der Waals surface area contributed by atoms with Crippen molar-refractivity contribution in [2.75, 3.05) is 6.61 Å². The molecule has 1 aromatic rings. The van der Waals surface area contributed by atoms with Crippen molar-refractivity contribution in [2.45, 2.75) is 38.6 Å². The smallest absolute Gasteiger partial charge is 0.342 e. The van der Waals surface area contributed by atoms with Gasteiger partial charge in [0.1, 0.15) is 11.3 Å². The number of esters is 1. The molecule has 120 valence electrons. The van der Waals surface area contributed by atoms with Gasteiger partial charge >= 0.3 is 5.97 Å². The molecule has 1 fully saturated rings. The van der Waals surface area contributed by atoms with Crippen molar-refractivity contribution < 1.29 is 19.4 Å². The lowest BCUT2D eigenvalue weighted by Gasteiger charge is -2.26. The van der Waals surface area contributed by atoms with Gasteiger partial charge in [-0.1, -0.05) is 18.5 Å². The maximum absolute atomic E-state index is 11.8. The zero-order valence-corrected chi connectivity index (χ0v) is 13.2. The zero-order valence-electron chi connectivity index (χ0n) is 12.5. The highest BCUT2D eigenvalue weighted by Gasteiger charge is 2.21. The Labute approximate surface area is 134 Å². The number of halogens is 1. The number of phenolic OH excluding ortho intramolecular Hbond substituents is 1.